The van der Waals surface area contributed by atoms with Crippen LogP contribution in [0.3, 0.4) is 0 Å². The molecule has 0 atom stereocenters. The number of benzene rings is 4. The third-order valence-corrected chi connectivity index (χ3v) is 8.61. The van der Waals surface area contributed by atoms with Crippen LogP contribution in [0.2, 0.25) is 10.0 Å². The van der Waals surface area contributed by atoms with E-state index in [1.54, 1.807) is 38.9 Å². The molecule has 0 radical (unpaired) electrons. The number of carbonyl (C=O) groups is 2. The van der Waals surface area contributed by atoms with E-state index in [2.05, 4.69) is 36.6 Å². The van der Waals surface area contributed by atoms with Crippen molar-refractivity contribution < 1.29 is 9.59 Å². The molecule has 1 aliphatic heterocycles. The molecule has 256 valence electrons. The molecule has 0 bridgehead atoms. The molecule has 0 aliphatic carbocycles. The van der Waals surface area contributed by atoms with Crippen LogP contribution in [0.4, 0.5) is 0 Å². The van der Waals surface area contributed by atoms with Gasteiger partial charge in [0, 0.05) is 19.9 Å². The maximum atomic E-state index is 14.0. The number of halogens is 7. The van der Waals surface area contributed by atoms with Gasteiger partial charge in [0.2, 0.25) is 0 Å². The third kappa shape index (κ3) is 8.56. The average Bonchev–Trinajstić information content (AvgIpc) is 3.65. The van der Waals surface area contributed by atoms with Gasteiger partial charge in [-0.3, -0.25) is 9.59 Å². The van der Waals surface area contributed by atoms with Crippen molar-refractivity contribution in [3.8, 4) is 0 Å². The van der Waals surface area contributed by atoms with Crippen molar-refractivity contribution in [1.29, 1.82) is 0 Å². The molecule has 0 fully saturated rings. The summed E-state index contributed by atoms with van der Waals surface area (Å²) in [6.07, 6.45) is 3.57. The topological polar surface area (TPSA) is 102 Å². The molecule has 0 unspecified atom stereocenters. The van der Waals surface area contributed by atoms with Gasteiger partial charge >= 0.3 is 0 Å². The Hall–Kier alpha value is -3.26. The number of carbonyl (C=O) groups excluding carboxylic acids is 2. The fourth-order valence-corrected chi connectivity index (χ4v) is 6.39. The fraction of sp³-hybridized carbons (Fsp3) is 0.125. The summed E-state index contributed by atoms with van der Waals surface area (Å²) in [5, 5.41) is 22.8. The first-order valence-electron chi connectivity index (χ1n) is 13.9. The van der Waals surface area contributed by atoms with Crippen LogP contribution in [0.1, 0.15) is 43.2 Å². The van der Waals surface area contributed by atoms with Crippen molar-refractivity contribution in [2.75, 3.05) is 0 Å². The highest BCUT2D eigenvalue weighted by Crippen LogP contribution is 2.35. The zero-order chi connectivity index (χ0) is 31.1. The first-order chi connectivity index (χ1) is 21.8. The summed E-state index contributed by atoms with van der Waals surface area (Å²) < 4.78 is 4.18. The van der Waals surface area contributed by atoms with Crippen LogP contribution in [-0.2, 0) is 26.2 Å². The molecule has 0 saturated carbocycles. The molecule has 2 aromatic heterocycles. The Morgan fingerprint density at radius 2 is 1.14 bits per heavy atom. The zero-order valence-electron chi connectivity index (χ0n) is 25.1. The molecule has 0 saturated heterocycles. The molecule has 17 heteroatoms. The van der Waals surface area contributed by atoms with Gasteiger partial charge < -0.3 is 0 Å². The van der Waals surface area contributed by atoms with Gasteiger partial charge in [-0.2, -0.15) is 5.01 Å². The Kier molecular flexibility index (Phi) is 14.0. The van der Waals surface area contributed by atoms with Gasteiger partial charge in [0.25, 0.3) is 11.8 Å². The van der Waals surface area contributed by atoms with Gasteiger partial charge in [0.1, 0.15) is 0 Å². The minimum absolute atomic E-state index is 0. The van der Waals surface area contributed by atoms with Crippen LogP contribution in [0.25, 0.3) is 10.8 Å². The number of hydrogen-bond acceptors (Lipinski definition) is 7. The van der Waals surface area contributed by atoms with Gasteiger partial charge in [0.05, 0.1) is 61.1 Å². The van der Waals surface area contributed by atoms with E-state index in [9.17, 15) is 9.59 Å². The molecule has 49 heavy (non-hydrogen) atoms. The van der Waals surface area contributed by atoms with Crippen LogP contribution >= 0.6 is 88.8 Å². The largest absolute Gasteiger partial charge is 0.276 e. The van der Waals surface area contributed by atoms with Crippen molar-refractivity contribution in [1.82, 2.24) is 40.0 Å². The van der Waals surface area contributed by atoms with Crippen molar-refractivity contribution in [2.45, 2.75) is 26.2 Å². The smallest absolute Gasteiger partial charge is 0.267 e. The van der Waals surface area contributed by atoms with E-state index in [1.165, 1.54) is 5.01 Å². The van der Waals surface area contributed by atoms with Crippen molar-refractivity contribution in [3.63, 3.8) is 0 Å². The number of rotatable bonds is 9. The first-order valence-corrected chi connectivity index (χ1v) is 15.5. The third-order valence-electron chi connectivity index (χ3n) is 7.44. The van der Waals surface area contributed by atoms with Crippen LogP contribution in [0, 0.1) is 0 Å². The standard InChI is InChI=1S/C32H23BrCl2N8O2.4ClH/c33-29-11-10-28-30-26(29)8-3-9-27(30)31(44)43(32(28)45)42(18-24-16-40(38-36-24)14-20-4-1-6-22(34)12-20)19-25-17-41(39-37-25)15-21-5-2-7-23(35)13-21;;;;/h1-13,16-17H,14-15,18-19H2;4*1H. The summed E-state index contributed by atoms with van der Waals surface area (Å²) >= 11 is 15.9. The van der Waals surface area contributed by atoms with E-state index < -0.39 is 11.8 Å². The van der Waals surface area contributed by atoms with Crippen molar-refractivity contribution in [2.24, 2.45) is 0 Å². The Morgan fingerprint density at radius 3 is 1.65 bits per heavy atom. The van der Waals surface area contributed by atoms with Gasteiger partial charge in [-0.25, -0.2) is 14.4 Å². The lowest BCUT2D eigenvalue weighted by Gasteiger charge is -2.35. The van der Waals surface area contributed by atoms with E-state index in [4.69, 9.17) is 23.2 Å². The lowest BCUT2D eigenvalue weighted by atomic mass is 9.95. The molecule has 0 spiro atoms. The lowest BCUT2D eigenvalue weighted by molar-refractivity contribution is -0.0130. The monoisotopic (exact) mass is 844 g/mol. The fourth-order valence-electron chi connectivity index (χ4n) is 5.50. The highest BCUT2D eigenvalue weighted by Gasteiger charge is 2.38. The maximum Gasteiger partial charge on any atom is 0.276 e. The summed E-state index contributed by atoms with van der Waals surface area (Å²) in [5.74, 6) is -0.873. The second-order valence-corrected chi connectivity index (χ2v) is 12.4. The van der Waals surface area contributed by atoms with Crippen molar-refractivity contribution in [3.05, 3.63) is 139 Å². The minimum atomic E-state index is -0.436. The summed E-state index contributed by atoms with van der Waals surface area (Å²) in [5.41, 5.74) is 3.91. The number of imide groups is 1. The highest BCUT2D eigenvalue weighted by atomic mass is 79.9. The molecule has 7 rings (SSSR count). The van der Waals surface area contributed by atoms with Crippen LogP contribution in [-0.4, -0.2) is 51.8 Å². The van der Waals surface area contributed by atoms with Crippen LogP contribution < -0.4 is 0 Å². The second-order valence-electron chi connectivity index (χ2n) is 10.6. The lowest BCUT2D eigenvalue weighted by Crippen LogP contribution is -2.51. The number of hydrogen-bond donors (Lipinski definition) is 0. The van der Waals surface area contributed by atoms with Gasteiger partial charge in [-0.1, -0.05) is 86.0 Å². The summed E-state index contributed by atoms with van der Waals surface area (Å²) in [6, 6.07) is 24.0. The van der Waals surface area contributed by atoms with Crippen LogP contribution in [0.15, 0.2) is 95.7 Å². The predicted octanol–water partition coefficient (Wildman–Crippen LogP) is 8.09. The molecule has 3 heterocycles. The summed E-state index contributed by atoms with van der Waals surface area (Å²) in [6.45, 7) is 1.13. The first kappa shape index (κ1) is 40.2. The molecule has 0 N–H and O–H groups in total. The van der Waals surface area contributed by atoms with E-state index in [-0.39, 0.29) is 62.7 Å². The van der Waals surface area contributed by atoms with E-state index >= 15 is 0 Å². The predicted molar refractivity (Wildman–Crippen MR) is 202 cm³/mol. The Bertz CT molecular complexity index is 2000. The zero-order valence-corrected chi connectivity index (χ0v) is 31.5. The van der Waals surface area contributed by atoms with Crippen molar-refractivity contribution >= 4 is 111 Å². The quantitative estimate of drug-likeness (QED) is 0.136. The SMILES string of the molecule is Cl.Cl.Cl.Cl.O=C1c2cccc3c(Br)ccc(c23)C(=O)N1N(Cc1cn(Cc2cccc(Cl)c2)nn1)Cc1cn(Cc2cccc(Cl)c2)nn1. The highest BCUT2D eigenvalue weighted by molar-refractivity contribution is 9.10. The average molecular weight is 848 g/mol. The van der Waals surface area contributed by atoms with Gasteiger partial charge in [-0.15, -0.1) is 59.8 Å². The molecule has 2 amide bonds. The number of nitrogens with zero attached hydrogens (tertiary/aromatic N) is 8. The molecular weight excluding hydrogens is 821 g/mol. The minimum Gasteiger partial charge on any atom is -0.267 e. The summed E-state index contributed by atoms with van der Waals surface area (Å²) in [4.78, 5) is 28.1. The summed E-state index contributed by atoms with van der Waals surface area (Å²) in [7, 11) is 0. The van der Waals surface area contributed by atoms with Gasteiger partial charge in [-0.05, 0) is 59.0 Å². The van der Waals surface area contributed by atoms with E-state index in [0.717, 1.165) is 21.0 Å². The normalized spacial score (nSPS) is 11.9. The number of amides is 2. The van der Waals surface area contributed by atoms with Gasteiger partial charge in [0.15, 0.2) is 0 Å². The van der Waals surface area contributed by atoms with E-state index in [0.29, 0.717) is 51.0 Å². The Labute approximate surface area is 324 Å². The van der Waals surface area contributed by atoms with E-state index in [1.807, 2.05) is 66.7 Å². The molecular formula is C32H27BrCl6N8O2. The Morgan fingerprint density at radius 1 is 0.653 bits per heavy atom. The van der Waals surface area contributed by atoms with Crippen LogP contribution in [0.5, 0.6) is 0 Å². The molecule has 1 aliphatic rings. The number of hydrazine groups is 1. The second kappa shape index (κ2) is 17.1. The Balaban J connectivity index is 0.00000163. The maximum absolute atomic E-state index is 14.0. The molecule has 10 nitrogen and oxygen atoms in total. The molecule has 4 aromatic carbocycles. The number of aromatic nitrogens is 6. The molecule has 6 aromatic rings.